The van der Waals surface area contributed by atoms with E-state index in [2.05, 4.69) is 5.92 Å². The molecule has 0 unspecified atom stereocenters. The van der Waals surface area contributed by atoms with Gasteiger partial charge in [-0.05, 0) is 25.2 Å². The fourth-order valence-electron chi connectivity index (χ4n) is 1.38. The van der Waals surface area contributed by atoms with E-state index in [9.17, 15) is 5.11 Å². The summed E-state index contributed by atoms with van der Waals surface area (Å²) in [6, 6.07) is 0. The van der Waals surface area contributed by atoms with E-state index in [4.69, 9.17) is 6.42 Å². The molecule has 1 heteroatoms. The van der Waals surface area contributed by atoms with Crippen molar-refractivity contribution in [3.63, 3.8) is 0 Å². The zero-order chi connectivity index (χ0) is 6.91. The monoisotopic (exact) mass is 124 g/mol. The summed E-state index contributed by atoms with van der Waals surface area (Å²) in [7, 11) is 0. The van der Waals surface area contributed by atoms with Crippen molar-refractivity contribution in [2.24, 2.45) is 5.92 Å². The highest BCUT2D eigenvalue weighted by Crippen LogP contribution is 2.34. The van der Waals surface area contributed by atoms with E-state index in [1.807, 2.05) is 6.92 Å². The molecule has 0 aromatic heterocycles. The molecule has 0 bridgehead atoms. The molecule has 9 heavy (non-hydrogen) atoms. The minimum atomic E-state index is -0.778. The maximum absolute atomic E-state index is 9.53. The molecule has 1 fully saturated rings. The van der Waals surface area contributed by atoms with Gasteiger partial charge in [0.2, 0.25) is 0 Å². The minimum absolute atomic E-state index is 0.294. The summed E-state index contributed by atoms with van der Waals surface area (Å²) in [5, 5.41) is 9.53. The number of hydrogen-bond acceptors (Lipinski definition) is 1. The highest BCUT2D eigenvalue weighted by atomic mass is 16.3. The summed E-state index contributed by atoms with van der Waals surface area (Å²) in [4.78, 5) is 0. The van der Waals surface area contributed by atoms with Crippen molar-refractivity contribution >= 4 is 0 Å². The largest absolute Gasteiger partial charge is 0.377 e. The van der Waals surface area contributed by atoms with Gasteiger partial charge in [-0.1, -0.05) is 12.8 Å². The average Bonchev–Trinajstić information content (AvgIpc) is 2.15. The van der Waals surface area contributed by atoms with Crippen LogP contribution in [0.5, 0.6) is 0 Å². The van der Waals surface area contributed by atoms with Crippen LogP contribution >= 0.6 is 0 Å². The second-order valence-corrected chi connectivity index (χ2v) is 2.86. The van der Waals surface area contributed by atoms with Crippen molar-refractivity contribution in [2.75, 3.05) is 0 Å². The van der Waals surface area contributed by atoms with Gasteiger partial charge in [-0.2, -0.15) is 0 Å². The van der Waals surface area contributed by atoms with Crippen molar-refractivity contribution in [1.29, 1.82) is 0 Å². The van der Waals surface area contributed by atoms with Crippen LogP contribution < -0.4 is 0 Å². The first-order chi connectivity index (χ1) is 4.19. The van der Waals surface area contributed by atoms with Gasteiger partial charge in [-0.15, -0.1) is 6.42 Å². The molecule has 1 nitrogen and oxygen atoms in total. The number of aliphatic hydroxyl groups is 1. The maximum atomic E-state index is 9.53. The molecule has 0 aromatic carbocycles. The van der Waals surface area contributed by atoms with Gasteiger partial charge in [0.05, 0.1) is 0 Å². The summed E-state index contributed by atoms with van der Waals surface area (Å²) in [5.74, 6) is 2.74. The van der Waals surface area contributed by atoms with Crippen molar-refractivity contribution in [1.82, 2.24) is 0 Å². The quantitative estimate of drug-likeness (QED) is 0.481. The van der Waals surface area contributed by atoms with E-state index in [-0.39, 0.29) is 0 Å². The normalized spacial score (nSPS) is 42.6. The Balaban J connectivity index is 2.70. The van der Waals surface area contributed by atoms with Crippen LogP contribution in [0.15, 0.2) is 0 Å². The Labute approximate surface area is 56.1 Å². The molecule has 50 valence electrons. The van der Waals surface area contributed by atoms with Crippen molar-refractivity contribution < 1.29 is 5.11 Å². The lowest BCUT2D eigenvalue weighted by Crippen LogP contribution is -2.28. The maximum Gasteiger partial charge on any atom is 0.127 e. The zero-order valence-corrected chi connectivity index (χ0v) is 5.72. The van der Waals surface area contributed by atoms with Gasteiger partial charge in [0.15, 0.2) is 0 Å². The van der Waals surface area contributed by atoms with Crippen LogP contribution in [0, 0.1) is 18.3 Å². The van der Waals surface area contributed by atoms with Crippen molar-refractivity contribution in [2.45, 2.75) is 31.8 Å². The first-order valence-electron chi connectivity index (χ1n) is 3.39. The molecular weight excluding hydrogens is 112 g/mol. The smallest absolute Gasteiger partial charge is 0.127 e. The van der Waals surface area contributed by atoms with Gasteiger partial charge >= 0.3 is 0 Å². The fourth-order valence-corrected chi connectivity index (χ4v) is 1.38. The third kappa shape index (κ3) is 0.951. The SMILES string of the molecule is C#C[C@]1(O)CCC[C@H]1C. The Morgan fingerprint density at radius 2 is 2.44 bits per heavy atom. The Morgan fingerprint density at radius 1 is 1.78 bits per heavy atom. The molecular formula is C8H12O. The van der Waals surface area contributed by atoms with E-state index in [0.29, 0.717) is 5.92 Å². The zero-order valence-electron chi connectivity index (χ0n) is 5.72. The molecule has 1 N–H and O–H groups in total. The van der Waals surface area contributed by atoms with Gasteiger partial charge in [0, 0.05) is 0 Å². The lowest BCUT2D eigenvalue weighted by molar-refractivity contribution is 0.0689. The Morgan fingerprint density at radius 3 is 2.67 bits per heavy atom. The summed E-state index contributed by atoms with van der Waals surface area (Å²) in [6.07, 6.45) is 8.08. The van der Waals surface area contributed by atoms with E-state index < -0.39 is 5.60 Å². The summed E-state index contributed by atoms with van der Waals surface area (Å²) >= 11 is 0. The molecule has 0 radical (unpaired) electrons. The van der Waals surface area contributed by atoms with Gasteiger partial charge < -0.3 is 5.11 Å². The number of terminal acetylenes is 1. The Kier molecular flexibility index (Phi) is 1.50. The lowest BCUT2D eigenvalue weighted by atomic mass is 9.94. The Hall–Kier alpha value is -0.480. The predicted molar refractivity (Wildman–Crippen MR) is 36.8 cm³/mol. The van der Waals surface area contributed by atoms with Gasteiger partial charge in [-0.3, -0.25) is 0 Å². The van der Waals surface area contributed by atoms with E-state index in [1.165, 1.54) is 0 Å². The molecule has 0 heterocycles. The van der Waals surface area contributed by atoms with Gasteiger partial charge in [-0.25, -0.2) is 0 Å². The molecule has 0 aromatic rings. The van der Waals surface area contributed by atoms with Gasteiger partial charge in [0.1, 0.15) is 5.60 Å². The third-order valence-corrected chi connectivity index (χ3v) is 2.26. The van der Waals surface area contributed by atoms with Crippen LogP contribution in [-0.2, 0) is 0 Å². The minimum Gasteiger partial charge on any atom is -0.377 e. The van der Waals surface area contributed by atoms with E-state index >= 15 is 0 Å². The van der Waals surface area contributed by atoms with E-state index in [0.717, 1.165) is 19.3 Å². The molecule has 1 rings (SSSR count). The first kappa shape index (κ1) is 6.64. The average molecular weight is 124 g/mol. The summed E-state index contributed by atoms with van der Waals surface area (Å²) in [6.45, 7) is 2.01. The van der Waals surface area contributed by atoms with Crippen LogP contribution in [-0.4, -0.2) is 10.7 Å². The standard InChI is InChI=1S/C8H12O/c1-3-8(9)6-4-5-7(8)2/h1,7,9H,4-6H2,2H3/t7-,8+/m1/s1. The third-order valence-electron chi connectivity index (χ3n) is 2.26. The Bertz CT molecular complexity index is 145. The summed E-state index contributed by atoms with van der Waals surface area (Å²) < 4.78 is 0. The second-order valence-electron chi connectivity index (χ2n) is 2.86. The topological polar surface area (TPSA) is 20.2 Å². The molecule has 0 aliphatic heterocycles. The molecule has 0 amide bonds. The molecule has 1 aliphatic carbocycles. The van der Waals surface area contributed by atoms with Crippen molar-refractivity contribution in [3.05, 3.63) is 0 Å². The number of hydrogen-bond donors (Lipinski definition) is 1. The highest BCUT2D eigenvalue weighted by molar-refractivity contribution is 5.12. The molecule has 0 saturated heterocycles. The van der Waals surface area contributed by atoms with E-state index in [1.54, 1.807) is 0 Å². The van der Waals surface area contributed by atoms with Crippen LogP contribution in [0.3, 0.4) is 0 Å². The second kappa shape index (κ2) is 2.04. The number of rotatable bonds is 0. The summed E-state index contributed by atoms with van der Waals surface area (Å²) in [5.41, 5.74) is -0.778. The fraction of sp³-hybridized carbons (Fsp3) is 0.750. The molecule has 2 atom stereocenters. The van der Waals surface area contributed by atoms with Crippen LogP contribution in [0.1, 0.15) is 26.2 Å². The molecule has 0 spiro atoms. The van der Waals surface area contributed by atoms with Crippen LogP contribution in [0.2, 0.25) is 0 Å². The van der Waals surface area contributed by atoms with Crippen LogP contribution in [0.25, 0.3) is 0 Å². The van der Waals surface area contributed by atoms with Crippen LogP contribution in [0.4, 0.5) is 0 Å². The highest BCUT2D eigenvalue weighted by Gasteiger charge is 2.35. The van der Waals surface area contributed by atoms with Crippen molar-refractivity contribution in [3.8, 4) is 12.3 Å². The van der Waals surface area contributed by atoms with Gasteiger partial charge in [0.25, 0.3) is 0 Å². The lowest BCUT2D eigenvalue weighted by Gasteiger charge is -2.19. The molecule has 1 saturated carbocycles. The molecule has 1 aliphatic rings. The first-order valence-corrected chi connectivity index (χ1v) is 3.39. The predicted octanol–water partition coefficient (Wildman–Crippen LogP) is 1.17.